The highest BCUT2D eigenvalue weighted by atomic mass is 35.5. The summed E-state index contributed by atoms with van der Waals surface area (Å²) >= 11 is 5.84. The average molecular weight is 298 g/mol. The van der Waals surface area contributed by atoms with Crippen LogP contribution in [-0.2, 0) is 16.4 Å². The fraction of sp³-hybridized carbons (Fsp3) is 0.167. The van der Waals surface area contributed by atoms with E-state index < -0.39 is 10.0 Å². The summed E-state index contributed by atoms with van der Waals surface area (Å²) < 4.78 is 26.5. The van der Waals surface area contributed by atoms with E-state index in [1.165, 1.54) is 18.5 Å². The Labute approximate surface area is 116 Å². The molecule has 2 rings (SSSR count). The minimum atomic E-state index is -3.63. The Morgan fingerprint density at radius 3 is 2.63 bits per heavy atom. The maximum atomic E-state index is 12.0. The Morgan fingerprint density at radius 2 is 1.95 bits per heavy atom. The van der Waals surface area contributed by atoms with Crippen molar-refractivity contribution in [3.63, 3.8) is 0 Å². The first-order valence-corrected chi connectivity index (χ1v) is 7.44. The zero-order valence-electron chi connectivity index (χ0n) is 9.95. The number of pyridine rings is 2. The van der Waals surface area contributed by atoms with Crippen molar-refractivity contribution in [1.29, 1.82) is 0 Å². The zero-order valence-corrected chi connectivity index (χ0v) is 11.5. The van der Waals surface area contributed by atoms with Gasteiger partial charge in [0.1, 0.15) is 4.90 Å². The van der Waals surface area contributed by atoms with E-state index in [-0.39, 0.29) is 16.5 Å². The highest BCUT2D eigenvalue weighted by Gasteiger charge is 2.17. The maximum Gasteiger partial charge on any atom is 0.243 e. The molecule has 0 radical (unpaired) electrons. The van der Waals surface area contributed by atoms with Gasteiger partial charge in [-0.25, -0.2) is 13.1 Å². The highest BCUT2D eigenvalue weighted by Crippen LogP contribution is 2.18. The third kappa shape index (κ3) is 3.73. The van der Waals surface area contributed by atoms with Gasteiger partial charge in [-0.05, 0) is 24.1 Å². The number of sulfonamides is 1. The van der Waals surface area contributed by atoms with Gasteiger partial charge in [0.25, 0.3) is 0 Å². The van der Waals surface area contributed by atoms with Gasteiger partial charge in [-0.2, -0.15) is 0 Å². The predicted octanol–water partition coefficient (Wildman–Crippen LogP) is 1.65. The molecule has 0 aliphatic rings. The molecule has 0 aliphatic heterocycles. The number of aromatic nitrogens is 2. The topological polar surface area (TPSA) is 72.0 Å². The molecule has 2 aromatic rings. The third-order valence-corrected chi connectivity index (χ3v) is 4.38. The second kappa shape index (κ2) is 6.10. The lowest BCUT2D eigenvalue weighted by atomic mass is 10.2. The van der Waals surface area contributed by atoms with Gasteiger partial charge < -0.3 is 0 Å². The molecule has 0 saturated carbocycles. The van der Waals surface area contributed by atoms with Gasteiger partial charge in [-0.15, -0.1) is 0 Å². The SMILES string of the molecule is O=S(=O)(NCCc1cccnc1)c1cnccc1Cl. The standard InChI is InChI=1S/C12H12ClN3O2S/c13-11-4-6-15-9-12(11)19(17,18)16-7-3-10-2-1-5-14-8-10/h1-2,4-6,8-9,16H,3,7H2. The van der Waals surface area contributed by atoms with Crippen molar-refractivity contribution in [2.45, 2.75) is 11.3 Å². The van der Waals surface area contributed by atoms with Crippen LogP contribution in [0.1, 0.15) is 5.56 Å². The van der Waals surface area contributed by atoms with Crippen molar-refractivity contribution in [2.24, 2.45) is 0 Å². The summed E-state index contributed by atoms with van der Waals surface area (Å²) in [6, 6.07) is 5.14. The van der Waals surface area contributed by atoms with Crippen LogP contribution in [-0.4, -0.2) is 24.9 Å². The van der Waals surface area contributed by atoms with E-state index in [0.717, 1.165) is 5.56 Å². The molecular formula is C12H12ClN3O2S. The van der Waals surface area contributed by atoms with Gasteiger partial charge >= 0.3 is 0 Å². The molecule has 0 aliphatic carbocycles. The van der Waals surface area contributed by atoms with E-state index in [9.17, 15) is 8.42 Å². The quantitative estimate of drug-likeness (QED) is 0.911. The molecule has 0 atom stereocenters. The van der Waals surface area contributed by atoms with Crippen LogP contribution in [0.2, 0.25) is 5.02 Å². The van der Waals surface area contributed by atoms with Crippen LogP contribution in [0.5, 0.6) is 0 Å². The van der Waals surface area contributed by atoms with Crippen molar-refractivity contribution in [1.82, 2.24) is 14.7 Å². The molecule has 0 aromatic carbocycles. The summed E-state index contributed by atoms with van der Waals surface area (Å²) in [7, 11) is -3.63. The molecule has 100 valence electrons. The van der Waals surface area contributed by atoms with Gasteiger partial charge in [0.05, 0.1) is 5.02 Å². The first-order valence-electron chi connectivity index (χ1n) is 5.58. The highest BCUT2D eigenvalue weighted by molar-refractivity contribution is 7.89. The van der Waals surface area contributed by atoms with Crippen molar-refractivity contribution in [3.05, 3.63) is 53.6 Å². The molecule has 0 unspecified atom stereocenters. The summed E-state index contributed by atoms with van der Waals surface area (Å²) in [6.07, 6.45) is 6.60. The first-order chi connectivity index (χ1) is 9.09. The van der Waals surface area contributed by atoms with Crippen molar-refractivity contribution in [2.75, 3.05) is 6.54 Å². The van der Waals surface area contributed by atoms with Crippen molar-refractivity contribution >= 4 is 21.6 Å². The van der Waals surface area contributed by atoms with Crippen molar-refractivity contribution < 1.29 is 8.42 Å². The number of halogens is 1. The van der Waals surface area contributed by atoms with E-state index in [4.69, 9.17) is 11.6 Å². The van der Waals surface area contributed by atoms with Crippen LogP contribution in [0.25, 0.3) is 0 Å². The molecule has 19 heavy (non-hydrogen) atoms. The Kier molecular flexibility index (Phi) is 4.47. The Balaban J connectivity index is 2.01. The van der Waals surface area contributed by atoms with E-state index >= 15 is 0 Å². The molecule has 2 aromatic heterocycles. The minimum absolute atomic E-state index is 0.0112. The minimum Gasteiger partial charge on any atom is -0.264 e. The molecule has 2 heterocycles. The molecule has 0 amide bonds. The number of nitrogens with one attached hydrogen (secondary N) is 1. The van der Waals surface area contributed by atoms with Gasteiger partial charge in [-0.1, -0.05) is 17.7 Å². The van der Waals surface area contributed by atoms with E-state index in [1.54, 1.807) is 12.4 Å². The number of hydrogen-bond donors (Lipinski definition) is 1. The molecule has 1 N–H and O–H groups in total. The van der Waals surface area contributed by atoms with Gasteiger partial charge in [0.2, 0.25) is 10.0 Å². The number of hydrogen-bond acceptors (Lipinski definition) is 4. The summed E-state index contributed by atoms with van der Waals surface area (Å²) in [4.78, 5) is 7.72. The van der Waals surface area contributed by atoms with Crippen LogP contribution in [0.15, 0.2) is 47.9 Å². The Bertz CT molecular complexity index is 647. The van der Waals surface area contributed by atoms with Gasteiger partial charge in [0, 0.05) is 31.3 Å². The van der Waals surface area contributed by atoms with E-state index in [0.29, 0.717) is 6.42 Å². The number of rotatable bonds is 5. The summed E-state index contributed by atoms with van der Waals surface area (Å²) in [5.41, 5.74) is 0.961. The Hall–Kier alpha value is -1.50. The smallest absolute Gasteiger partial charge is 0.243 e. The first kappa shape index (κ1) is 13.9. The summed E-state index contributed by atoms with van der Waals surface area (Å²) in [5, 5.41) is 0.156. The zero-order chi connectivity index (χ0) is 13.7. The molecule has 0 fully saturated rings. The Morgan fingerprint density at radius 1 is 1.16 bits per heavy atom. The molecule has 0 saturated heterocycles. The second-order valence-corrected chi connectivity index (χ2v) is 5.96. The predicted molar refractivity (Wildman–Crippen MR) is 72.4 cm³/mol. The molecule has 5 nitrogen and oxygen atoms in total. The molecule has 0 bridgehead atoms. The van der Waals surface area contributed by atoms with Crippen molar-refractivity contribution in [3.8, 4) is 0 Å². The van der Waals surface area contributed by atoms with Gasteiger partial charge in [-0.3, -0.25) is 9.97 Å². The fourth-order valence-electron chi connectivity index (χ4n) is 1.51. The van der Waals surface area contributed by atoms with Crippen LogP contribution in [0.3, 0.4) is 0 Å². The van der Waals surface area contributed by atoms with Crippen LogP contribution < -0.4 is 4.72 Å². The lowest BCUT2D eigenvalue weighted by Gasteiger charge is -2.07. The lowest BCUT2D eigenvalue weighted by Crippen LogP contribution is -2.26. The van der Waals surface area contributed by atoms with Crippen LogP contribution in [0.4, 0.5) is 0 Å². The average Bonchev–Trinajstić information content (AvgIpc) is 2.40. The molecule has 0 spiro atoms. The van der Waals surface area contributed by atoms with E-state index in [1.807, 2.05) is 12.1 Å². The lowest BCUT2D eigenvalue weighted by molar-refractivity contribution is 0.581. The molecule has 7 heteroatoms. The maximum absolute atomic E-state index is 12.0. The second-order valence-electron chi connectivity index (χ2n) is 3.82. The van der Waals surface area contributed by atoms with Gasteiger partial charge in [0.15, 0.2) is 0 Å². The largest absolute Gasteiger partial charge is 0.264 e. The van der Waals surface area contributed by atoms with E-state index in [2.05, 4.69) is 14.7 Å². The third-order valence-electron chi connectivity index (χ3n) is 2.45. The monoisotopic (exact) mass is 297 g/mol. The summed E-state index contributed by atoms with van der Waals surface area (Å²) in [5.74, 6) is 0. The fourth-order valence-corrected chi connectivity index (χ4v) is 2.97. The summed E-state index contributed by atoms with van der Waals surface area (Å²) in [6.45, 7) is 0.277. The number of nitrogens with zero attached hydrogens (tertiary/aromatic N) is 2. The molecular weight excluding hydrogens is 286 g/mol. The normalized spacial score (nSPS) is 11.4. The van der Waals surface area contributed by atoms with Crippen LogP contribution >= 0.6 is 11.6 Å². The van der Waals surface area contributed by atoms with Crippen LogP contribution in [0, 0.1) is 0 Å².